The van der Waals surface area contributed by atoms with Crippen LogP contribution >= 0.6 is 0 Å². The Kier molecular flexibility index (Phi) is 5.71. The van der Waals surface area contributed by atoms with Crippen LogP contribution in [0.3, 0.4) is 0 Å². The minimum absolute atomic E-state index is 0.117. The highest BCUT2D eigenvalue weighted by molar-refractivity contribution is 5.95. The molecule has 0 aromatic heterocycles. The second kappa shape index (κ2) is 7.28. The molecule has 0 saturated heterocycles. The zero-order chi connectivity index (χ0) is 16.0. The van der Waals surface area contributed by atoms with Gasteiger partial charge in [0.25, 0.3) is 0 Å². The molecule has 0 unspecified atom stereocenters. The van der Waals surface area contributed by atoms with E-state index in [1.54, 1.807) is 26.1 Å². The van der Waals surface area contributed by atoms with Crippen LogP contribution < -0.4 is 10.6 Å². The molecular formula is C14H19N3O4. The molecule has 0 radical (unpaired) electrons. The number of carboxylic acid groups (broad SMARTS) is 1. The van der Waals surface area contributed by atoms with Crippen molar-refractivity contribution >= 4 is 23.6 Å². The van der Waals surface area contributed by atoms with E-state index in [1.807, 2.05) is 6.92 Å². The lowest BCUT2D eigenvalue weighted by molar-refractivity contribution is -0.128. The van der Waals surface area contributed by atoms with Crippen molar-refractivity contribution in [2.24, 2.45) is 0 Å². The average Bonchev–Trinajstić information content (AvgIpc) is 2.45. The fourth-order valence-corrected chi connectivity index (χ4v) is 1.57. The van der Waals surface area contributed by atoms with Gasteiger partial charge in [0.2, 0.25) is 5.91 Å². The number of hydrogen-bond donors (Lipinski definition) is 3. The number of urea groups is 1. The fraction of sp³-hybridized carbons (Fsp3) is 0.357. The second-order valence-electron chi connectivity index (χ2n) is 4.55. The van der Waals surface area contributed by atoms with Gasteiger partial charge in [-0.05, 0) is 31.5 Å². The first-order valence-corrected chi connectivity index (χ1v) is 6.48. The van der Waals surface area contributed by atoms with Gasteiger partial charge in [0.1, 0.15) is 0 Å². The number of nitrogens with zero attached hydrogens (tertiary/aromatic N) is 1. The van der Waals surface area contributed by atoms with Crippen LogP contribution in [0.5, 0.6) is 0 Å². The summed E-state index contributed by atoms with van der Waals surface area (Å²) < 4.78 is 0. The monoisotopic (exact) mass is 293 g/mol. The molecule has 114 valence electrons. The molecule has 1 aromatic carbocycles. The van der Waals surface area contributed by atoms with Gasteiger partial charge in [-0.1, -0.05) is 6.07 Å². The van der Waals surface area contributed by atoms with Gasteiger partial charge < -0.3 is 20.6 Å². The summed E-state index contributed by atoms with van der Waals surface area (Å²) in [4.78, 5) is 35.7. The van der Waals surface area contributed by atoms with Crippen molar-refractivity contribution in [3.05, 3.63) is 29.3 Å². The molecule has 0 aliphatic heterocycles. The Hall–Kier alpha value is -2.57. The van der Waals surface area contributed by atoms with Crippen LogP contribution in [0.2, 0.25) is 0 Å². The number of amides is 3. The zero-order valence-electron chi connectivity index (χ0n) is 12.3. The van der Waals surface area contributed by atoms with E-state index in [0.29, 0.717) is 17.8 Å². The molecule has 0 aliphatic rings. The molecule has 3 amide bonds. The smallest absolute Gasteiger partial charge is 0.336 e. The lowest BCUT2D eigenvalue weighted by atomic mass is 10.1. The number of nitrogens with one attached hydrogen (secondary N) is 2. The number of carboxylic acids is 1. The predicted octanol–water partition coefficient (Wildman–Crippen LogP) is 1.29. The molecule has 1 aromatic rings. The van der Waals surface area contributed by atoms with Crippen molar-refractivity contribution in [2.75, 3.05) is 25.5 Å². The Labute approximate surface area is 122 Å². The van der Waals surface area contributed by atoms with E-state index in [9.17, 15) is 14.4 Å². The maximum Gasteiger partial charge on any atom is 0.336 e. The third kappa shape index (κ3) is 4.79. The van der Waals surface area contributed by atoms with Gasteiger partial charge in [0.05, 0.1) is 12.1 Å². The summed E-state index contributed by atoms with van der Waals surface area (Å²) in [6.45, 7) is 3.94. The molecule has 21 heavy (non-hydrogen) atoms. The minimum Gasteiger partial charge on any atom is -0.478 e. The molecule has 0 bridgehead atoms. The number of carbonyl (C=O) groups is 3. The lowest BCUT2D eigenvalue weighted by Crippen LogP contribution is -2.39. The van der Waals surface area contributed by atoms with Gasteiger partial charge in [-0.25, -0.2) is 9.59 Å². The van der Waals surface area contributed by atoms with Crippen LogP contribution in [0.1, 0.15) is 22.8 Å². The summed E-state index contributed by atoms with van der Waals surface area (Å²) in [5.74, 6) is -1.26. The first-order valence-electron chi connectivity index (χ1n) is 6.48. The number of benzene rings is 1. The molecule has 0 spiro atoms. The third-order valence-corrected chi connectivity index (χ3v) is 3.03. The number of likely N-dealkylation sites (N-methyl/N-ethyl adjacent to an activating group) is 1. The highest BCUT2D eigenvalue weighted by atomic mass is 16.4. The first kappa shape index (κ1) is 16.5. The van der Waals surface area contributed by atoms with Gasteiger partial charge in [-0.15, -0.1) is 0 Å². The number of rotatable bonds is 5. The topological polar surface area (TPSA) is 98.7 Å². The van der Waals surface area contributed by atoms with Crippen molar-refractivity contribution < 1.29 is 19.5 Å². The Balaban J connectivity index is 2.61. The Bertz CT molecular complexity index is 557. The normalized spacial score (nSPS) is 9.86. The van der Waals surface area contributed by atoms with E-state index < -0.39 is 12.0 Å². The maximum atomic E-state index is 11.7. The van der Waals surface area contributed by atoms with E-state index in [1.165, 1.54) is 11.0 Å². The van der Waals surface area contributed by atoms with Crippen molar-refractivity contribution in [2.45, 2.75) is 13.8 Å². The predicted molar refractivity (Wildman–Crippen MR) is 78.5 cm³/mol. The second-order valence-corrected chi connectivity index (χ2v) is 4.55. The van der Waals surface area contributed by atoms with Crippen LogP contribution in [0.25, 0.3) is 0 Å². The van der Waals surface area contributed by atoms with Crippen molar-refractivity contribution in [1.82, 2.24) is 10.2 Å². The number of anilines is 1. The van der Waals surface area contributed by atoms with E-state index in [4.69, 9.17) is 5.11 Å². The van der Waals surface area contributed by atoms with E-state index >= 15 is 0 Å². The van der Waals surface area contributed by atoms with Gasteiger partial charge >= 0.3 is 12.0 Å². The fourth-order valence-electron chi connectivity index (χ4n) is 1.57. The Morgan fingerprint density at radius 1 is 1.29 bits per heavy atom. The van der Waals surface area contributed by atoms with Gasteiger partial charge in [0.15, 0.2) is 0 Å². The SMILES string of the molecule is CCN(C)C(=O)CNC(=O)Nc1ccc(C)c(C(=O)O)c1. The van der Waals surface area contributed by atoms with E-state index in [-0.39, 0.29) is 18.0 Å². The maximum absolute atomic E-state index is 11.7. The molecule has 0 saturated carbocycles. The molecule has 0 fully saturated rings. The van der Waals surface area contributed by atoms with Gasteiger partial charge in [-0.2, -0.15) is 0 Å². The highest BCUT2D eigenvalue weighted by Gasteiger charge is 2.11. The Morgan fingerprint density at radius 3 is 2.52 bits per heavy atom. The summed E-state index contributed by atoms with van der Waals surface area (Å²) in [5, 5.41) is 13.9. The van der Waals surface area contributed by atoms with Crippen molar-refractivity contribution in [3.8, 4) is 0 Å². The summed E-state index contributed by atoms with van der Waals surface area (Å²) in [5.41, 5.74) is 1.08. The summed E-state index contributed by atoms with van der Waals surface area (Å²) >= 11 is 0. The van der Waals surface area contributed by atoms with Crippen LogP contribution in [0, 0.1) is 6.92 Å². The number of aromatic carboxylic acids is 1. The molecular weight excluding hydrogens is 274 g/mol. The highest BCUT2D eigenvalue weighted by Crippen LogP contribution is 2.15. The average molecular weight is 293 g/mol. The Morgan fingerprint density at radius 2 is 1.95 bits per heavy atom. The molecule has 0 aliphatic carbocycles. The van der Waals surface area contributed by atoms with Crippen molar-refractivity contribution in [1.29, 1.82) is 0 Å². The summed E-state index contributed by atoms with van der Waals surface area (Å²) in [7, 11) is 1.64. The molecule has 7 nitrogen and oxygen atoms in total. The van der Waals surface area contributed by atoms with Crippen LogP contribution in [0.15, 0.2) is 18.2 Å². The standard InChI is InChI=1S/C14H19N3O4/c1-4-17(3)12(18)8-15-14(21)16-10-6-5-9(2)11(7-10)13(19)20/h5-7H,4,8H2,1-3H3,(H,19,20)(H2,15,16,21). The van der Waals surface area contributed by atoms with E-state index in [0.717, 1.165) is 0 Å². The number of hydrogen-bond acceptors (Lipinski definition) is 3. The third-order valence-electron chi connectivity index (χ3n) is 3.03. The summed E-state index contributed by atoms with van der Waals surface area (Å²) in [6.07, 6.45) is 0. The van der Waals surface area contributed by atoms with E-state index in [2.05, 4.69) is 10.6 Å². The van der Waals surface area contributed by atoms with Crippen molar-refractivity contribution in [3.63, 3.8) is 0 Å². The number of carbonyl (C=O) groups excluding carboxylic acids is 2. The molecule has 1 rings (SSSR count). The van der Waals surface area contributed by atoms with Crippen LogP contribution in [-0.4, -0.2) is 48.1 Å². The van der Waals surface area contributed by atoms with Crippen LogP contribution in [-0.2, 0) is 4.79 Å². The molecule has 0 atom stereocenters. The molecule has 3 N–H and O–H groups in total. The zero-order valence-corrected chi connectivity index (χ0v) is 12.3. The first-order chi connectivity index (χ1) is 9.85. The summed E-state index contributed by atoms with van der Waals surface area (Å²) in [6, 6.07) is 4.02. The van der Waals surface area contributed by atoms with Gasteiger partial charge in [0, 0.05) is 19.3 Å². The minimum atomic E-state index is -1.06. The molecule has 0 heterocycles. The lowest BCUT2D eigenvalue weighted by Gasteiger charge is -2.15. The quantitative estimate of drug-likeness (QED) is 0.762. The van der Waals surface area contributed by atoms with Gasteiger partial charge in [-0.3, -0.25) is 4.79 Å². The van der Waals surface area contributed by atoms with Crippen LogP contribution in [0.4, 0.5) is 10.5 Å². The number of aryl methyl sites for hydroxylation is 1. The molecule has 7 heteroatoms. The largest absolute Gasteiger partial charge is 0.478 e.